The number of halogens is 4. The summed E-state index contributed by atoms with van der Waals surface area (Å²) in [5, 5.41) is -0.0603. The van der Waals surface area contributed by atoms with Gasteiger partial charge in [-0.05, 0) is 13.0 Å². The average Bonchev–Trinajstić information content (AvgIpc) is 2.01. The maximum absolute atomic E-state index is 12.2. The molecule has 2 N–H and O–H groups in total. The van der Waals surface area contributed by atoms with E-state index in [1.54, 1.807) is 6.92 Å². The fraction of sp³-hybridized carbons (Fsp3) is 0.375. The highest BCUT2D eigenvalue weighted by Gasteiger charge is 2.31. The first-order valence-corrected chi connectivity index (χ1v) is 4.18. The molecule has 1 atom stereocenters. The molecule has 0 unspecified atom stereocenters. The number of hydrogen-bond acceptors (Lipinski definition) is 2. The second-order valence-electron chi connectivity index (χ2n) is 2.88. The van der Waals surface area contributed by atoms with Gasteiger partial charge in [-0.2, -0.15) is 13.2 Å². The molecular weight excluding hydrogens is 217 g/mol. The first kappa shape index (κ1) is 11.3. The Morgan fingerprint density at radius 2 is 2.07 bits per heavy atom. The van der Waals surface area contributed by atoms with E-state index in [9.17, 15) is 13.2 Å². The van der Waals surface area contributed by atoms with Crippen LogP contribution in [0.1, 0.15) is 24.2 Å². The molecule has 0 saturated carbocycles. The summed E-state index contributed by atoms with van der Waals surface area (Å²) < 4.78 is 36.5. The minimum absolute atomic E-state index is 0.0603. The molecule has 0 radical (unpaired) electrons. The second-order valence-corrected chi connectivity index (χ2v) is 3.28. The minimum Gasteiger partial charge on any atom is -0.323 e. The largest absolute Gasteiger partial charge is 0.417 e. The molecule has 0 bridgehead atoms. The molecule has 1 aromatic rings. The van der Waals surface area contributed by atoms with Crippen LogP contribution in [0.3, 0.4) is 0 Å². The highest BCUT2D eigenvalue weighted by atomic mass is 35.5. The Morgan fingerprint density at radius 3 is 2.43 bits per heavy atom. The molecule has 14 heavy (non-hydrogen) atoms. The number of hydrogen-bond donors (Lipinski definition) is 1. The van der Waals surface area contributed by atoms with Crippen LogP contribution in [0.15, 0.2) is 12.3 Å². The summed E-state index contributed by atoms with van der Waals surface area (Å²) in [6.07, 6.45) is -3.70. The first-order chi connectivity index (χ1) is 6.32. The van der Waals surface area contributed by atoms with Crippen molar-refractivity contribution in [3.05, 3.63) is 28.5 Å². The molecule has 0 spiro atoms. The predicted octanol–water partition coefficient (Wildman–Crippen LogP) is 2.77. The van der Waals surface area contributed by atoms with Gasteiger partial charge in [0.1, 0.15) is 0 Å². The van der Waals surface area contributed by atoms with Crippen molar-refractivity contribution in [2.45, 2.75) is 19.1 Å². The molecule has 0 aliphatic heterocycles. The van der Waals surface area contributed by atoms with Crippen molar-refractivity contribution in [3.63, 3.8) is 0 Å². The van der Waals surface area contributed by atoms with Crippen molar-refractivity contribution in [2.75, 3.05) is 0 Å². The van der Waals surface area contributed by atoms with Crippen molar-refractivity contribution >= 4 is 11.6 Å². The van der Waals surface area contributed by atoms with Crippen molar-refractivity contribution in [2.24, 2.45) is 5.73 Å². The number of alkyl halides is 3. The average molecular weight is 225 g/mol. The summed E-state index contributed by atoms with van der Waals surface area (Å²) in [4.78, 5) is 3.57. The van der Waals surface area contributed by atoms with Crippen LogP contribution in [-0.4, -0.2) is 4.98 Å². The maximum atomic E-state index is 12.2. The monoisotopic (exact) mass is 224 g/mol. The Kier molecular flexibility index (Phi) is 3.01. The van der Waals surface area contributed by atoms with Crippen LogP contribution >= 0.6 is 11.6 Å². The van der Waals surface area contributed by atoms with Crippen LogP contribution in [0.2, 0.25) is 5.02 Å². The van der Waals surface area contributed by atoms with E-state index < -0.39 is 17.8 Å². The van der Waals surface area contributed by atoms with Crippen LogP contribution in [0.5, 0.6) is 0 Å². The lowest BCUT2D eigenvalue weighted by Crippen LogP contribution is -2.11. The van der Waals surface area contributed by atoms with Gasteiger partial charge in [0.2, 0.25) is 0 Å². The Labute approximate surface area is 83.9 Å². The minimum atomic E-state index is -4.42. The maximum Gasteiger partial charge on any atom is 0.417 e. The lowest BCUT2D eigenvalue weighted by molar-refractivity contribution is -0.137. The number of nitrogens with two attached hydrogens (primary N) is 1. The van der Waals surface area contributed by atoms with Gasteiger partial charge in [0.05, 0.1) is 16.3 Å². The zero-order chi connectivity index (χ0) is 10.9. The van der Waals surface area contributed by atoms with Gasteiger partial charge in [0.25, 0.3) is 0 Å². The summed E-state index contributed by atoms with van der Waals surface area (Å²) in [7, 11) is 0. The number of aromatic nitrogens is 1. The van der Waals surface area contributed by atoms with E-state index in [4.69, 9.17) is 17.3 Å². The molecular formula is C8H8ClF3N2. The Hall–Kier alpha value is -0.810. The van der Waals surface area contributed by atoms with Gasteiger partial charge in [0, 0.05) is 12.2 Å². The normalized spacial score (nSPS) is 14.1. The smallest absolute Gasteiger partial charge is 0.323 e. The summed E-state index contributed by atoms with van der Waals surface area (Å²) in [6, 6.07) is 0.345. The molecule has 1 rings (SSSR count). The zero-order valence-corrected chi connectivity index (χ0v) is 8.02. The van der Waals surface area contributed by atoms with Crippen LogP contribution in [0, 0.1) is 0 Å². The fourth-order valence-electron chi connectivity index (χ4n) is 0.939. The molecule has 0 saturated heterocycles. The van der Waals surface area contributed by atoms with Gasteiger partial charge >= 0.3 is 6.18 Å². The van der Waals surface area contributed by atoms with Crippen molar-refractivity contribution in [3.8, 4) is 0 Å². The fourth-order valence-corrected chi connectivity index (χ4v) is 1.28. The Bertz CT molecular complexity index is 336. The van der Waals surface area contributed by atoms with Crippen molar-refractivity contribution in [1.82, 2.24) is 4.98 Å². The van der Waals surface area contributed by atoms with E-state index in [1.165, 1.54) is 0 Å². The van der Waals surface area contributed by atoms with Crippen molar-refractivity contribution in [1.29, 1.82) is 0 Å². The van der Waals surface area contributed by atoms with Gasteiger partial charge in [-0.1, -0.05) is 11.6 Å². The van der Waals surface area contributed by atoms with Gasteiger partial charge < -0.3 is 5.73 Å². The molecule has 0 aromatic carbocycles. The third-order valence-corrected chi connectivity index (χ3v) is 1.93. The summed E-state index contributed by atoms with van der Waals surface area (Å²) >= 11 is 5.59. The molecule has 1 heterocycles. The third kappa shape index (κ3) is 2.36. The van der Waals surface area contributed by atoms with Crippen LogP contribution in [0.25, 0.3) is 0 Å². The molecule has 1 aromatic heterocycles. The van der Waals surface area contributed by atoms with Crippen molar-refractivity contribution < 1.29 is 13.2 Å². The molecule has 0 aliphatic carbocycles. The van der Waals surface area contributed by atoms with E-state index in [2.05, 4.69) is 4.98 Å². The Balaban J connectivity index is 3.13. The molecule has 6 heteroatoms. The van der Waals surface area contributed by atoms with E-state index in [0.29, 0.717) is 0 Å². The predicted molar refractivity (Wildman–Crippen MR) is 46.9 cm³/mol. The molecule has 0 fully saturated rings. The van der Waals surface area contributed by atoms with Gasteiger partial charge in [0.15, 0.2) is 0 Å². The molecule has 2 nitrogen and oxygen atoms in total. The molecule has 78 valence electrons. The van der Waals surface area contributed by atoms with Crippen LogP contribution in [-0.2, 0) is 6.18 Å². The number of rotatable bonds is 1. The van der Waals surface area contributed by atoms with Gasteiger partial charge in [-0.25, -0.2) is 0 Å². The van der Waals surface area contributed by atoms with Gasteiger partial charge in [-0.3, -0.25) is 4.98 Å². The quantitative estimate of drug-likeness (QED) is 0.797. The van der Waals surface area contributed by atoms with E-state index in [1.807, 2.05) is 0 Å². The number of pyridine rings is 1. The molecule has 0 amide bonds. The second kappa shape index (κ2) is 3.74. The summed E-state index contributed by atoms with van der Waals surface area (Å²) in [6.45, 7) is 1.60. The van der Waals surface area contributed by atoms with Crippen LogP contribution in [0.4, 0.5) is 13.2 Å². The summed E-state index contributed by atoms with van der Waals surface area (Å²) in [5.74, 6) is 0. The van der Waals surface area contributed by atoms with E-state index in [-0.39, 0.29) is 10.7 Å². The van der Waals surface area contributed by atoms with Crippen LogP contribution < -0.4 is 5.73 Å². The first-order valence-electron chi connectivity index (χ1n) is 3.80. The van der Waals surface area contributed by atoms with Gasteiger partial charge in [-0.15, -0.1) is 0 Å². The lowest BCUT2D eigenvalue weighted by atomic mass is 10.2. The SMILES string of the molecule is C[C@@H](N)c1ncc(C(F)(F)F)cc1Cl. The summed E-state index contributed by atoms with van der Waals surface area (Å²) in [5.41, 5.74) is 4.84. The highest BCUT2D eigenvalue weighted by molar-refractivity contribution is 6.31. The molecule has 0 aliphatic rings. The van der Waals surface area contributed by atoms with E-state index in [0.717, 1.165) is 12.3 Å². The highest BCUT2D eigenvalue weighted by Crippen LogP contribution is 2.31. The lowest BCUT2D eigenvalue weighted by Gasteiger charge is -2.10. The van der Waals surface area contributed by atoms with E-state index >= 15 is 0 Å². The Morgan fingerprint density at radius 1 is 1.50 bits per heavy atom. The standard InChI is InChI=1S/C8H8ClF3N2/c1-4(13)7-6(9)2-5(3-14-7)8(10,11)12/h2-4H,13H2,1H3/t4-/m1/s1. The topological polar surface area (TPSA) is 38.9 Å². The number of nitrogens with zero attached hydrogens (tertiary/aromatic N) is 1. The third-order valence-electron chi connectivity index (χ3n) is 1.63. The zero-order valence-electron chi connectivity index (χ0n) is 7.27.